The standard InChI is InChI=1S/C13H11N3O/c14-11-2-1-6-16-13(11)17-10-3-4-12-9(8-10)5-7-15-12/h1-8,15H,14H2. The lowest BCUT2D eigenvalue weighted by Crippen LogP contribution is -1.93. The van der Waals surface area contributed by atoms with Gasteiger partial charge < -0.3 is 15.5 Å². The molecule has 3 N–H and O–H groups in total. The summed E-state index contributed by atoms with van der Waals surface area (Å²) in [6, 6.07) is 11.3. The Morgan fingerprint density at radius 1 is 1.18 bits per heavy atom. The molecular weight excluding hydrogens is 214 g/mol. The van der Waals surface area contributed by atoms with Crippen LogP contribution in [0.15, 0.2) is 48.8 Å². The molecule has 2 aromatic heterocycles. The van der Waals surface area contributed by atoms with E-state index in [4.69, 9.17) is 10.5 Å². The van der Waals surface area contributed by atoms with Gasteiger partial charge in [0.15, 0.2) is 0 Å². The Morgan fingerprint density at radius 3 is 3.00 bits per heavy atom. The largest absolute Gasteiger partial charge is 0.437 e. The van der Waals surface area contributed by atoms with Crippen molar-refractivity contribution in [2.45, 2.75) is 0 Å². The normalized spacial score (nSPS) is 10.6. The molecule has 84 valence electrons. The van der Waals surface area contributed by atoms with Crippen molar-refractivity contribution in [1.82, 2.24) is 9.97 Å². The van der Waals surface area contributed by atoms with Crippen LogP contribution in [-0.4, -0.2) is 9.97 Å². The Morgan fingerprint density at radius 2 is 2.12 bits per heavy atom. The maximum absolute atomic E-state index is 5.77. The Balaban J connectivity index is 1.97. The number of aromatic amines is 1. The number of rotatable bonds is 2. The minimum atomic E-state index is 0.433. The third-order valence-corrected chi connectivity index (χ3v) is 2.54. The van der Waals surface area contributed by atoms with Gasteiger partial charge in [0.1, 0.15) is 5.75 Å². The molecule has 2 heterocycles. The second-order valence-corrected chi connectivity index (χ2v) is 3.73. The van der Waals surface area contributed by atoms with Crippen LogP contribution in [0.3, 0.4) is 0 Å². The molecule has 3 aromatic rings. The first kappa shape index (κ1) is 9.72. The van der Waals surface area contributed by atoms with Crippen molar-refractivity contribution < 1.29 is 4.74 Å². The maximum atomic E-state index is 5.77. The lowest BCUT2D eigenvalue weighted by Gasteiger charge is -2.06. The van der Waals surface area contributed by atoms with Crippen LogP contribution in [0.2, 0.25) is 0 Å². The molecule has 0 atom stereocenters. The van der Waals surface area contributed by atoms with Gasteiger partial charge in [0.05, 0.1) is 5.69 Å². The second-order valence-electron chi connectivity index (χ2n) is 3.73. The molecule has 0 fully saturated rings. The molecule has 1 aromatic carbocycles. The van der Waals surface area contributed by atoms with Gasteiger partial charge >= 0.3 is 0 Å². The summed E-state index contributed by atoms with van der Waals surface area (Å²) in [6.45, 7) is 0. The first-order chi connectivity index (χ1) is 8.33. The van der Waals surface area contributed by atoms with Crippen LogP contribution in [0.1, 0.15) is 0 Å². The summed E-state index contributed by atoms with van der Waals surface area (Å²) in [5.41, 5.74) is 7.37. The van der Waals surface area contributed by atoms with Crippen molar-refractivity contribution >= 4 is 16.6 Å². The van der Waals surface area contributed by atoms with E-state index in [1.54, 1.807) is 18.3 Å². The third kappa shape index (κ3) is 1.80. The number of nitrogen functional groups attached to an aromatic ring is 1. The highest BCUT2D eigenvalue weighted by Gasteiger charge is 2.03. The smallest absolute Gasteiger partial charge is 0.242 e. The van der Waals surface area contributed by atoms with E-state index in [-0.39, 0.29) is 0 Å². The molecule has 0 radical (unpaired) electrons. The fraction of sp³-hybridized carbons (Fsp3) is 0. The number of anilines is 1. The van der Waals surface area contributed by atoms with Crippen LogP contribution in [0.5, 0.6) is 11.6 Å². The molecule has 0 aliphatic carbocycles. The van der Waals surface area contributed by atoms with E-state index in [1.807, 2.05) is 30.5 Å². The van der Waals surface area contributed by atoms with E-state index in [0.29, 0.717) is 11.6 Å². The average molecular weight is 225 g/mol. The summed E-state index contributed by atoms with van der Waals surface area (Å²) in [7, 11) is 0. The number of hydrogen-bond acceptors (Lipinski definition) is 3. The lowest BCUT2D eigenvalue weighted by molar-refractivity contribution is 0.466. The molecule has 0 amide bonds. The van der Waals surface area contributed by atoms with Crippen LogP contribution in [0.4, 0.5) is 5.69 Å². The van der Waals surface area contributed by atoms with Gasteiger partial charge in [-0.25, -0.2) is 4.98 Å². The van der Waals surface area contributed by atoms with Crippen molar-refractivity contribution in [1.29, 1.82) is 0 Å². The van der Waals surface area contributed by atoms with Crippen LogP contribution in [-0.2, 0) is 0 Å². The molecule has 0 saturated carbocycles. The number of nitrogens with zero attached hydrogens (tertiary/aromatic N) is 1. The van der Waals surface area contributed by atoms with Gasteiger partial charge in [0.25, 0.3) is 0 Å². The Bertz CT molecular complexity index is 660. The van der Waals surface area contributed by atoms with E-state index in [2.05, 4.69) is 9.97 Å². The fourth-order valence-corrected chi connectivity index (χ4v) is 1.70. The quantitative estimate of drug-likeness (QED) is 0.704. The first-order valence-electron chi connectivity index (χ1n) is 5.28. The van der Waals surface area contributed by atoms with E-state index < -0.39 is 0 Å². The van der Waals surface area contributed by atoms with Gasteiger partial charge in [0, 0.05) is 23.3 Å². The monoisotopic (exact) mass is 225 g/mol. The third-order valence-electron chi connectivity index (χ3n) is 2.54. The Labute approximate surface area is 98.1 Å². The van der Waals surface area contributed by atoms with Gasteiger partial charge in [0.2, 0.25) is 5.88 Å². The van der Waals surface area contributed by atoms with E-state index in [1.165, 1.54) is 0 Å². The minimum Gasteiger partial charge on any atom is -0.437 e. The summed E-state index contributed by atoms with van der Waals surface area (Å²) in [4.78, 5) is 7.21. The van der Waals surface area contributed by atoms with Crippen LogP contribution in [0.25, 0.3) is 10.9 Å². The molecule has 0 unspecified atom stereocenters. The molecule has 0 spiro atoms. The highest BCUT2D eigenvalue weighted by molar-refractivity contribution is 5.80. The summed E-state index contributed by atoms with van der Waals surface area (Å²) >= 11 is 0. The summed E-state index contributed by atoms with van der Waals surface area (Å²) in [6.07, 6.45) is 3.55. The number of nitrogens with two attached hydrogens (primary N) is 1. The number of nitrogens with one attached hydrogen (secondary N) is 1. The molecule has 3 rings (SSSR count). The van der Waals surface area contributed by atoms with Crippen molar-refractivity contribution in [3.8, 4) is 11.6 Å². The van der Waals surface area contributed by atoms with Gasteiger partial charge in [-0.2, -0.15) is 0 Å². The molecule has 0 saturated heterocycles. The average Bonchev–Trinajstić information content (AvgIpc) is 2.79. The van der Waals surface area contributed by atoms with Crippen molar-refractivity contribution in [3.63, 3.8) is 0 Å². The van der Waals surface area contributed by atoms with E-state index in [0.717, 1.165) is 16.7 Å². The topological polar surface area (TPSA) is 63.9 Å². The highest BCUT2D eigenvalue weighted by atomic mass is 16.5. The SMILES string of the molecule is Nc1cccnc1Oc1ccc2[nH]ccc2c1. The van der Waals surface area contributed by atoms with Crippen LogP contribution in [0, 0.1) is 0 Å². The van der Waals surface area contributed by atoms with Crippen molar-refractivity contribution in [2.24, 2.45) is 0 Å². The predicted octanol–water partition coefficient (Wildman–Crippen LogP) is 2.94. The summed E-state index contributed by atoms with van der Waals surface area (Å²) in [5, 5.41) is 1.09. The number of hydrogen-bond donors (Lipinski definition) is 2. The Hall–Kier alpha value is -2.49. The van der Waals surface area contributed by atoms with Crippen molar-refractivity contribution in [3.05, 3.63) is 48.8 Å². The first-order valence-corrected chi connectivity index (χ1v) is 5.28. The number of benzene rings is 1. The van der Waals surface area contributed by atoms with Gasteiger partial charge in [-0.15, -0.1) is 0 Å². The number of aromatic nitrogens is 2. The van der Waals surface area contributed by atoms with Gasteiger partial charge in [-0.1, -0.05) is 0 Å². The van der Waals surface area contributed by atoms with E-state index in [9.17, 15) is 0 Å². The molecule has 4 nitrogen and oxygen atoms in total. The van der Waals surface area contributed by atoms with Crippen molar-refractivity contribution in [2.75, 3.05) is 5.73 Å². The summed E-state index contributed by atoms with van der Waals surface area (Å²) in [5.74, 6) is 1.16. The minimum absolute atomic E-state index is 0.433. The zero-order chi connectivity index (χ0) is 11.7. The lowest BCUT2D eigenvalue weighted by atomic mass is 10.2. The number of pyridine rings is 1. The van der Waals surface area contributed by atoms with E-state index >= 15 is 0 Å². The second kappa shape index (κ2) is 3.83. The number of ether oxygens (including phenoxy) is 1. The molecule has 0 aliphatic heterocycles. The summed E-state index contributed by atoms with van der Waals surface area (Å²) < 4.78 is 5.64. The van der Waals surface area contributed by atoms with Gasteiger partial charge in [-0.05, 0) is 36.4 Å². The predicted molar refractivity (Wildman–Crippen MR) is 67.0 cm³/mol. The fourth-order valence-electron chi connectivity index (χ4n) is 1.70. The maximum Gasteiger partial charge on any atom is 0.242 e. The Kier molecular flexibility index (Phi) is 2.19. The van der Waals surface area contributed by atoms with Crippen LogP contribution >= 0.6 is 0 Å². The number of fused-ring (bicyclic) bond motifs is 1. The van der Waals surface area contributed by atoms with Gasteiger partial charge in [-0.3, -0.25) is 0 Å². The molecule has 17 heavy (non-hydrogen) atoms. The number of H-pyrrole nitrogens is 1. The zero-order valence-electron chi connectivity index (χ0n) is 9.05. The molecule has 4 heteroatoms. The molecule has 0 bridgehead atoms. The molecular formula is C13H11N3O. The van der Waals surface area contributed by atoms with Crippen LogP contribution < -0.4 is 10.5 Å². The molecule has 0 aliphatic rings. The highest BCUT2D eigenvalue weighted by Crippen LogP contribution is 2.26. The zero-order valence-corrected chi connectivity index (χ0v) is 9.05.